The highest BCUT2D eigenvalue weighted by Crippen LogP contribution is 2.32. The summed E-state index contributed by atoms with van der Waals surface area (Å²) in [6.45, 7) is 11.5. The maximum Gasteiger partial charge on any atom is 0.261 e. The summed E-state index contributed by atoms with van der Waals surface area (Å²) < 4.78 is 31.3. The predicted molar refractivity (Wildman–Crippen MR) is 186 cm³/mol. The number of nitrogens with zero attached hydrogens (tertiary/aromatic N) is 4. The Hall–Kier alpha value is -4.62. The Balaban J connectivity index is 0.00000187. The van der Waals surface area contributed by atoms with E-state index in [1.165, 1.54) is 49.7 Å². The Morgan fingerprint density at radius 1 is 1.17 bits per heavy atom. The second-order valence-electron chi connectivity index (χ2n) is 10.9. The third kappa shape index (κ3) is 14.6. The molecule has 1 aromatic heterocycles. The Bertz CT molecular complexity index is 1420. The number of halogens is 3. The smallest absolute Gasteiger partial charge is 0.261 e. The number of aromatic amines is 1. The molecule has 0 aliphatic heterocycles. The van der Waals surface area contributed by atoms with Crippen LogP contribution in [0.5, 0.6) is 0 Å². The fraction of sp³-hybridized carbons (Fsp3) is 0.364. The zero-order valence-corrected chi connectivity index (χ0v) is 29.0. The van der Waals surface area contributed by atoms with Crippen LogP contribution < -0.4 is 11.5 Å². The van der Waals surface area contributed by atoms with Crippen molar-refractivity contribution in [3.05, 3.63) is 82.9 Å². The lowest BCUT2D eigenvalue weighted by Crippen LogP contribution is -2.45. The van der Waals surface area contributed by atoms with Crippen LogP contribution in [0.4, 0.5) is 8.87 Å². The zero-order valence-electron chi connectivity index (χ0n) is 28.2. The maximum absolute atomic E-state index is 13.7. The summed E-state index contributed by atoms with van der Waals surface area (Å²) in [4.78, 5) is 34.7. The number of amides is 2. The number of hydrogen-bond donors (Lipinski definition) is 4. The molecule has 0 fully saturated rings. The van der Waals surface area contributed by atoms with Crippen LogP contribution in [0.3, 0.4) is 0 Å². The number of alkyl halides is 1. The van der Waals surface area contributed by atoms with Gasteiger partial charge < -0.3 is 26.6 Å². The largest absolute Gasteiger partial charge is 0.382 e. The predicted octanol–water partition coefficient (Wildman–Crippen LogP) is 6.79. The topological polar surface area (TPSA) is 167 Å². The van der Waals surface area contributed by atoms with E-state index in [1.807, 2.05) is 19.9 Å². The first-order chi connectivity index (χ1) is 22.3. The van der Waals surface area contributed by atoms with Crippen LogP contribution in [-0.4, -0.2) is 72.0 Å². The lowest BCUT2D eigenvalue weighted by Gasteiger charge is -2.31. The molecule has 0 aliphatic rings. The van der Waals surface area contributed by atoms with E-state index in [2.05, 4.69) is 48.4 Å². The molecule has 0 bridgehead atoms. The maximum atomic E-state index is 13.7. The van der Waals surface area contributed by atoms with E-state index in [1.54, 1.807) is 18.3 Å². The van der Waals surface area contributed by atoms with Crippen LogP contribution in [0.2, 0.25) is 5.02 Å². The van der Waals surface area contributed by atoms with Crippen molar-refractivity contribution < 1.29 is 23.2 Å². The van der Waals surface area contributed by atoms with Crippen molar-refractivity contribution in [1.29, 1.82) is 5.41 Å². The van der Waals surface area contributed by atoms with E-state index >= 15 is 0 Å². The Morgan fingerprint density at radius 3 is 2.17 bits per heavy atom. The first kappa shape index (κ1) is 42.4. The number of ether oxygens (including phenoxy) is 1. The Morgan fingerprint density at radius 2 is 1.72 bits per heavy atom. The average Bonchev–Trinajstić information content (AvgIpc) is 3.59. The summed E-state index contributed by atoms with van der Waals surface area (Å²) in [6, 6.07) is 10.7. The number of primary amides is 1. The fourth-order valence-corrected chi connectivity index (χ4v) is 3.89. The molecular weight excluding hydrogens is 630 g/mol. The molecule has 1 unspecified atom stereocenters. The van der Waals surface area contributed by atoms with E-state index in [0.29, 0.717) is 32.8 Å². The number of aliphatic imine (C=N–C) groups is 1. The number of H-pyrrole nitrogens is 1. The van der Waals surface area contributed by atoms with Crippen LogP contribution in [0.25, 0.3) is 16.8 Å². The summed E-state index contributed by atoms with van der Waals surface area (Å²) in [5.74, 6) is -0.503. The monoisotopic (exact) mass is 676 g/mol. The van der Waals surface area contributed by atoms with Crippen molar-refractivity contribution >= 4 is 41.7 Å². The van der Waals surface area contributed by atoms with Crippen LogP contribution in [0.1, 0.15) is 69.1 Å². The molecule has 3 aromatic rings. The molecule has 3 rings (SSSR count). The van der Waals surface area contributed by atoms with Gasteiger partial charge in [0.2, 0.25) is 6.41 Å². The number of allylic oxidation sites excluding steroid dienone is 1. The number of carbonyl (C=O) groups is 2. The number of imidazole rings is 1. The SMILES string of the molecule is CC.CC(C)(C)C.CN=C(N)N(C(=O)c1ccc(/C(C=N)=C/N(F)CF)cc1)C(COC)c1ccc(Cl)c(-c2cnc[nH]2)c1.NC=O. The van der Waals surface area contributed by atoms with E-state index < -0.39 is 18.7 Å². The number of aromatic nitrogens is 2. The van der Waals surface area contributed by atoms with Gasteiger partial charge in [-0.1, -0.05) is 75.8 Å². The molecule has 2 amide bonds. The lowest BCUT2D eigenvalue weighted by molar-refractivity contribution is -0.106. The second-order valence-corrected chi connectivity index (χ2v) is 11.3. The molecule has 1 heterocycles. The third-order valence-electron chi connectivity index (χ3n) is 5.51. The number of methoxy groups -OCH3 is 1. The second kappa shape index (κ2) is 22.0. The number of carbonyl (C=O) groups excluding carboxylic acids is 2. The summed E-state index contributed by atoms with van der Waals surface area (Å²) in [7, 11) is 2.97. The first-order valence-corrected chi connectivity index (χ1v) is 14.9. The summed E-state index contributed by atoms with van der Waals surface area (Å²) in [5.41, 5.74) is 13.7. The molecule has 0 aliphatic carbocycles. The highest BCUT2D eigenvalue weighted by atomic mass is 35.5. The van der Waals surface area contributed by atoms with Crippen LogP contribution >= 0.6 is 11.6 Å². The normalized spacial score (nSPS) is 11.7. The van der Waals surface area contributed by atoms with Gasteiger partial charge >= 0.3 is 0 Å². The van der Waals surface area contributed by atoms with Crippen molar-refractivity contribution in [2.75, 3.05) is 27.6 Å². The van der Waals surface area contributed by atoms with Crippen molar-refractivity contribution in [3.63, 3.8) is 0 Å². The highest BCUT2D eigenvalue weighted by molar-refractivity contribution is 6.33. The molecule has 0 saturated carbocycles. The van der Waals surface area contributed by atoms with Crippen LogP contribution in [0, 0.1) is 10.8 Å². The van der Waals surface area contributed by atoms with E-state index in [9.17, 15) is 13.7 Å². The van der Waals surface area contributed by atoms with Gasteiger partial charge in [0, 0.05) is 48.3 Å². The molecule has 2 aromatic carbocycles. The first-order valence-electron chi connectivity index (χ1n) is 14.6. The minimum atomic E-state index is -1.35. The molecule has 0 saturated heterocycles. The number of benzene rings is 2. The zero-order chi connectivity index (χ0) is 36.2. The molecule has 11 nitrogen and oxygen atoms in total. The molecule has 14 heteroatoms. The Labute approximate surface area is 281 Å². The van der Waals surface area contributed by atoms with E-state index in [0.717, 1.165) is 12.4 Å². The minimum Gasteiger partial charge on any atom is -0.382 e. The number of hydrogen-bond acceptors (Lipinski definition) is 7. The molecule has 258 valence electrons. The third-order valence-corrected chi connectivity index (χ3v) is 5.84. The van der Waals surface area contributed by atoms with Crippen molar-refractivity contribution in [2.24, 2.45) is 21.9 Å². The van der Waals surface area contributed by atoms with Gasteiger partial charge in [-0.15, -0.1) is 0 Å². The number of nitrogens with two attached hydrogens (primary N) is 2. The van der Waals surface area contributed by atoms with Gasteiger partial charge in [0.25, 0.3) is 5.91 Å². The van der Waals surface area contributed by atoms with Crippen molar-refractivity contribution in [2.45, 2.75) is 47.6 Å². The van der Waals surface area contributed by atoms with Gasteiger partial charge in [-0.25, -0.2) is 9.37 Å². The van der Waals surface area contributed by atoms with Gasteiger partial charge in [0.05, 0.1) is 30.9 Å². The molecule has 0 spiro atoms. The molecular formula is C33H47ClF2N8O3. The number of nitrogens with one attached hydrogen (secondary N) is 2. The molecule has 1 atom stereocenters. The lowest BCUT2D eigenvalue weighted by atomic mass is 10.00. The van der Waals surface area contributed by atoms with Crippen LogP contribution in [-0.2, 0) is 9.53 Å². The quantitative estimate of drug-likeness (QED) is 0.0606. The van der Waals surface area contributed by atoms with Gasteiger partial charge in [0.15, 0.2) is 12.8 Å². The minimum absolute atomic E-state index is 0.0368. The molecule has 47 heavy (non-hydrogen) atoms. The number of guanidine groups is 1. The van der Waals surface area contributed by atoms with Gasteiger partial charge in [-0.3, -0.25) is 19.5 Å². The van der Waals surface area contributed by atoms with Gasteiger partial charge in [-0.05, 0) is 40.8 Å². The number of rotatable bonds is 10. The van der Waals surface area contributed by atoms with Gasteiger partial charge in [-0.2, -0.15) is 5.12 Å². The van der Waals surface area contributed by atoms with Gasteiger partial charge in [0.1, 0.15) is 0 Å². The van der Waals surface area contributed by atoms with Crippen molar-refractivity contribution in [3.8, 4) is 11.3 Å². The summed E-state index contributed by atoms with van der Waals surface area (Å²) >= 11 is 6.41. The van der Waals surface area contributed by atoms with Crippen molar-refractivity contribution in [1.82, 2.24) is 20.0 Å². The summed E-state index contributed by atoms with van der Waals surface area (Å²) in [6.07, 6.45) is 5.16. The molecule has 0 radical (unpaired) electrons. The van der Waals surface area contributed by atoms with E-state index in [4.69, 9.17) is 32.3 Å². The standard InChI is InChI=1S/C25H26ClF2N7O2.C5H12.C2H6.CH3NO/c1-31-25(30)35(24(36)17-5-3-16(4-6-17)19(10-29)12-34(28)14-27)23(13-37-2)18-7-8-21(26)20(9-18)22-11-32-15-33-22;1-5(2,3)4;1-2;2-1-3/h3-12,15,23,29H,13-14H2,1-2H3,(H2,30,31)(H,32,33);1-4H3;1-2H3;1H,(H2,2,3)/b19-12+,29-10?;;;. The molecule has 6 N–H and O–H groups in total. The Kier molecular flexibility index (Phi) is 19.8. The highest BCUT2D eigenvalue weighted by Gasteiger charge is 2.30. The van der Waals surface area contributed by atoms with Crippen LogP contribution in [0.15, 0.2) is 66.2 Å². The average molecular weight is 677 g/mol. The fourth-order valence-electron chi connectivity index (χ4n) is 3.68. The van der Waals surface area contributed by atoms with E-state index in [-0.39, 0.29) is 35.2 Å². The summed E-state index contributed by atoms with van der Waals surface area (Å²) in [5, 5.41) is 7.80.